The molecule has 0 aliphatic heterocycles. The van der Waals surface area contributed by atoms with Crippen LogP contribution in [0.5, 0.6) is 5.75 Å². The molecule has 0 saturated heterocycles. The summed E-state index contributed by atoms with van der Waals surface area (Å²) in [5, 5.41) is 0.907. The van der Waals surface area contributed by atoms with Gasteiger partial charge in [-0.15, -0.1) is 11.3 Å². The highest BCUT2D eigenvalue weighted by Crippen LogP contribution is 2.26. The van der Waals surface area contributed by atoms with Gasteiger partial charge in [0.1, 0.15) is 5.75 Å². The number of para-hydroxylation sites is 1. The number of hydrogen-bond donors (Lipinski definition) is 0. The summed E-state index contributed by atoms with van der Waals surface area (Å²) in [5.74, 6) is 0.623. The van der Waals surface area contributed by atoms with Gasteiger partial charge in [-0.1, -0.05) is 12.1 Å². The molecule has 0 fully saturated rings. The summed E-state index contributed by atoms with van der Waals surface area (Å²) in [6.07, 6.45) is 0. The molecule has 0 N–H and O–H groups in total. The molecule has 18 heavy (non-hydrogen) atoms. The monoisotopic (exact) mass is 261 g/mol. The second-order valence-corrected chi connectivity index (χ2v) is 5.11. The summed E-state index contributed by atoms with van der Waals surface area (Å²) in [4.78, 5) is 17.5. The topological polar surface area (TPSA) is 39.2 Å². The first-order chi connectivity index (χ1) is 8.63. The van der Waals surface area contributed by atoms with Crippen LogP contribution in [0.1, 0.15) is 32.9 Å². The summed E-state index contributed by atoms with van der Waals surface area (Å²) in [6, 6.07) is 7.33. The number of thiazole rings is 1. The zero-order chi connectivity index (χ0) is 13.1. The minimum absolute atomic E-state index is 0.0119. The van der Waals surface area contributed by atoms with Crippen molar-refractivity contribution in [1.82, 2.24) is 4.98 Å². The third kappa shape index (κ3) is 2.43. The van der Waals surface area contributed by atoms with Crippen LogP contribution in [-0.2, 0) is 0 Å². The lowest BCUT2D eigenvalue weighted by Gasteiger charge is -2.08. The number of aryl methyl sites for hydroxylation is 2. The van der Waals surface area contributed by atoms with E-state index in [9.17, 15) is 4.79 Å². The molecule has 0 radical (unpaired) electrons. The molecule has 0 unspecified atom stereocenters. The van der Waals surface area contributed by atoms with Gasteiger partial charge in [-0.05, 0) is 32.9 Å². The van der Waals surface area contributed by atoms with E-state index in [0.717, 1.165) is 10.7 Å². The van der Waals surface area contributed by atoms with E-state index in [1.54, 1.807) is 6.07 Å². The maximum Gasteiger partial charge on any atom is 0.208 e. The molecule has 2 rings (SSSR count). The second-order valence-electron chi connectivity index (χ2n) is 3.91. The van der Waals surface area contributed by atoms with Crippen LogP contribution in [0.4, 0.5) is 0 Å². The molecule has 0 saturated carbocycles. The zero-order valence-electron chi connectivity index (χ0n) is 10.7. The fourth-order valence-corrected chi connectivity index (χ4v) is 2.67. The molecule has 0 aliphatic carbocycles. The fourth-order valence-electron chi connectivity index (χ4n) is 1.80. The Bertz CT molecular complexity index is 575. The van der Waals surface area contributed by atoms with Crippen LogP contribution in [0, 0.1) is 13.8 Å². The van der Waals surface area contributed by atoms with Crippen molar-refractivity contribution in [3.05, 3.63) is 45.4 Å². The number of rotatable bonds is 4. The lowest BCUT2D eigenvalue weighted by molar-refractivity contribution is 0.103. The summed E-state index contributed by atoms with van der Waals surface area (Å²) in [6.45, 7) is 6.22. The molecule has 1 aromatic carbocycles. The Kier molecular flexibility index (Phi) is 3.77. The van der Waals surface area contributed by atoms with E-state index in [2.05, 4.69) is 4.98 Å². The first-order valence-electron chi connectivity index (χ1n) is 5.84. The highest BCUT2D eigenvalue weighted by atomic mass is 32.1. The molecule has 4 heteroatoms. The Morgan fingerprint density at radius 1 is 1.33 bits per heavy atom. The van der Waals surface area contributed by atoms with Gasteiger partial charge in [-0.2, -0.15) is 0 Å². The van der Waals surface area contributed by atoms with Crippen molar-refractivity contribution in [3.8, 4) is 5.75 Å². The van der Waals surface area contributed by atoms with E-state index < -0.39 is 0 Å². The minimum atomic E-state index is -0.0119. The highest BCUT2D eigenvalue weighted by molar-refractivity contribution is 7.14. The molecular weight excluding hydrogens is 246 g/mol. The lowest BCUT2D eigenvalue weighted by Crippen LogP contribution is -2.05. The normalized spacial score (nSPS) is 10.4. The van der Waals surface area contributed by atoms with Crippen LogP contribution in [-0.4, -0.2) is 17.4 Å². The van der Waals surface area contributed by atoms with Crippen molar-refractivity contribution in [1.29, 1.82) is 0 Å². The van der Waals surface area contributed by atoms with Gasteiger partial charge < -0.3 is 4.74 Å². The van der Waals surface area contributed by atoms with Gasteiger partial charge in [0.05, 0.1) is 27.7 Å². The SMILES string of the molecule is CCOc1ccccc1C(=O)c1sc(C)nc1C. The standard InChI is InChI=1S/C14H15NO2S/c1-4-17-12-8-6-5-7-11(12)13(16)14-9(2)15-10(3)18-14/h5-8H,4H2,1-3H3. The van der Waals surface area contributed by atoms with Crippen molar-refractivity contribution in [3.63, 3.8) is 0 Å². The van der Waals surface area contributed by atoms with Gasteiger partial charge in [0.15, 0.2) is 0 Å². The summed E-state index contributed by atoms with van der Waals surface area (Å²) in [7, 11) is 0. The number of carbonyl (C=O) groups is 1. The number of carbonyl (C=O) groups excluding carboxylic acids is 1. The van der Waals surface area contributed by atoms with Gasteiger partial charge in [0, 0.05) is 0 Å². The zero-order valence-corrected chi connectivity index (χ0v) is 11.5. The smallest absolute Gasteiger partial charge is 0.208 e. The highest BCUT2D eigenvalue weighted by Gasteiger charge is 2.19. The molecule has 3 nitrogen and oxygen atoms in total. The molecule has 0 bridgehead atoms. The van der Waals surface area contributed by atoms with Gasteiger partial charge in [-0.25, -0.2) is 4.98 Å². The van der Waals surface area contributed by atoms with Crippen molar-refractivity contribution >= 4 is 17.1 Å². The van der Waals surface area contributed by atoms with E-state index in [0.29, 0.717) is 22.8 Å². The second kappa shape index (κ2) is 5.31. The first-order valence-corrected chi connectivity index (χ1v) is 6.65. The van der Waals surface area contributed by atoms with Crippen LogP contribution in [0.2, 0.25) is 0 Å². The number of hydrogen-bond acceptors (Lipinski definition) is 4. The molecule has 0 amide bonds. The van der Waals surface area contributed by atoms with Crippen LogP contribution in [0.25, 0.3) is 0 Å². The Morgan fingerprint density at radius 2 is 2.06 bits per heavy atom. The molecule has 1 heterocycles. The number of nitrogens with zero attached hydrogens (tertiary/aromatic N) is 1. The van der Waals surface area contributed by atoms with Crippen molar-refractivity contribution in [2.45, 2.75) is 20.8 Å². The lowest BCUT2D eigenvalue weighted by atomic mass is 10.1. The predicted molar refractivity (Wildman–Crippen MR) is 72.6 cm³/mol. The van der Waals surface area contributed by atoms with Crippen LogP contribution in [0.3, 0.4) is 0 Å². The molecule has 0 spiro atoms. The van der Waals surface area contributed by atoms with E-state index in [4.69, 9.17) is 4.74 Å². The van der Waals surface area contributed by atoms with E-state index >= 15 is 0 Å². The molecule has 94 valence electrons. The number of benzene rings is 1. The number of ketones is 1. The quantitative estimate of drug-likeness (QED) is 0.792. The summed E-state index contributed by atoms with van der Waals surface area (Å²) in [5.41, 5.74) is 1.39. The Balaban J connectivity index is 2.43. The third-order valence-corrected chi connectivity index (χ3v) is 3.61. The van der Waals surface area contributed by atoms with Crippen LogP contribution < -0.4 is 4.74 Å². The van der Waals surface area contributed by atoms with Gasteiger partial charge >= 0.3 is 0 Å². The Morgan fingerprint density at radius 3 is 2.67 bits per heavy atom. The molecule has 2 aromatic rings. The van der Waals surface area contributed by atoms with E-state index in [1.807, 2.05) is 39.0 Å². The van der Waals surface area contributed by atoms with Crippen molar-refractivity contribution < 1.29 is 9.53 Å². The molecule has 0 atom stereocenters. The van der Waals surface area contributed by atoms with Gasteiger partial charge in [-0.3, -0.25) is 4.79 Å². The summed E-state index contributed by atoms with van der Waals surface area (Å²) >= 11 is 1.43. The van der Waals surface area contributed by atoms with Gasteiger partial charge in [0.2, 0.25) is 5.78 Å². The average Bonchev–Trinajstić information content (AvgIpc) is 2.69. The van der Waals surface area contributed by atoms with E-state index in [1.165, 1.54) is 11.3 Å². The maximum absolute atomic E-state index is 12.5. The van der Waals surface area contributed by atoms with E-state index in [-0.39, 0.29) is 5.78 Å². The predicted octanol–water partition coefficient (Wildman–Crippen LogP) is 3.39. The molecule has 1 aromatic heterocycles. The Hall–Kier alpha value is -1.68. The largest absolute Gasteiger partial charge is 0.493 e. The average molecular weight is 261 g/mol. The van der Waals surface area contributed by atoms with Gasteiger partial charge in [0.25, 0.3) is 0 Å². The first kappa shape index (κ1) is 12.8. The fraction of sp³-hybridized carbons (Fsp3) is 0.286. The molecule has 0 aliphatic rings. The molecular formula is C14H15NO2S. The number of ether oxygens (including phenoxy) is 1. The van der Waals surface area contributed by atoms with Crippen molar-refractivity contribution in [2.24, 2.45) is 0 Å². The van der Waals surface area contributed by atoms with Crippen LogP contribution >= 0.6 is 11.3 Å². The minimum Gasteiger partial charge on any atom is -0.493 e. The third-order valence-electron chi connectivity index (χ3n) is 2.54. The van der Waals surface area contributed by atoms with Crippen molar-refractivity contribution in [2.75, 3.05) is 6.61 Å². The Labute approximate surface area is 110 Å². The summed E-state index contributed by atoms with van der Waals surface area (Å²) < 4.78 is 5.49. The van der Waals surface area contributed by atoms with Crippen LogP contribution in [0.15, 0.2) is 24.3 Å². The number of aromatic nitrogens is 1. The maximum atomic E-state index is 12.5.